The van der Waals surface area contributed by atoms with Crippen molar-refractivity contribution in [3.63, 3.8) is 0 Å². The van der Waals surface area contributed by atoms with E-state index in [0.717, 1.165) is 33.2 Å². The number of aromatic nitrogens is 1. The van der Waals surface area contributed by atoms with Gasteiger partial charge < -0.3 is 5.11 Å². The second-order valence-electron chi connectivity index (χ2n) is 5.83. The van der Waals surface area contributed by atoms with Crippen LogP contribution in [0.2, 0.25) is 0 Å². The maximum absolute atomic E-state index is 12.4. The van der Waals surface area contributed by atoms with Gasteiger partial charge in [0.25, 0.3) is 0 Å². The molecule has 1 aromatic heterocycles. The number of hydrogen-bond acceptors (Lipinski definition) is 5. The minimum absolute atomic E-state index is 0.0856. The first-order chi connectivity index (χ1) is 12.0. The zero-order chi connectivity index (χ0) is 17.6. The largest absolute Gasteiger partial charge is 0.493 e. The fourth-order valence-electron chi connectivity index (χ4n) is 2.77. The summed E-state index contributed by atoms with van der Waals surface area (Å²) in [6.45, 7) is 3.91. The molecule has 0 radical (unpaired) electrons. The standard InChI is InChI=1S/C19H15N3O2S/c1-11-6-5-9-15(12(11)2)22-18(23)16(25-19(22)24)10-17-20-13-7-3-4-8-14(13)21-17/h3-10,23H,1-2H3. The van der Waals surface area contributed by atoms with Crippen molar-refractivity contribution in [2.75, 3.05) is 0 Å². The molecule has 1 N–H and O–H groups in total. The minimum atomic E-state index is -0.242. The lowest BCUT2D eigenvalue weighted by atomic mass is 10.1. The number of fused-ring (bicyclic) bond motifs is 1. The van der Waals surface area contributed by atoms with Gasteiger partial charge in [0.2, 0.25) is 5.88 Å². The molecule has 0 amide bonds. The Hall–Kier alpha value is -2.99. The molecule has 4 rings (SSSR count). The Morgan fingerprint density at radius 3 is 2.40 bits per heavy atom. The lowest BCUT2D eigenvalue weighted by Crippen LogP contribution is -2.19. The highest BCUT2D eigenvalue weighted by Crippen LogP contribution is 2.28. The third-order valence-corrected chi connectivity index (χ3v) is 5.12. The van der Waals surface area contributed by atoms with Gasteiger partial charge in [-0.15, -0.1) is 0 Å². The smallest absolute Gasteiger partial charge is 0.315 e. The molecule has 124 valence electrons. The van der Waals surface area contributed by atoms with Gasteiger partial charge in [0, 0.05) is 6.08 Å². The Morgan fingerprint density at radius 2 is 1.72 bits per heavy atom. The van der Waals surface area contributed by atoms with Crippen LogP contribution in [-0.2, 0) is 0 Å². The van der Waals surface area contributed by atoms with Crippen molar-refractivity contribution < 1.29 is 5.11 Å². The van der Waals surface area contributed by atoms with Gasteiger partial charge in [-0.3, -0.25) is 4.79 Å². The average Bonchev–Trinajstić information content (AvgIpc) is 3.11. The highest BCUT2D eigenvalue weighted by molar-refractivity contribution is 7.10. The van der Waals surface area contributed by atoms with Gasteiger partial charge in [0.05, 0.1) is 21.3 Å². The number of para-hydroxylation sites is 2. The summed E-state index contributed by atoms with van der Waals surface area (Å²) in [5, 5.41) is 12.2. The van der Waals surface area contributed by atoms with Crippen molar-refractivity contribution in [2.45, 2.75) is 13.8 Å². The van der Waals surface area contributed by atoms with E-state index in [0.29, 0.717) is 16.4 Å². The Bertz CT molecular complexity index is 1170. The van der Waals surface area contributed by atoms with E-state index in [4.69, 9.17) is 0 Å². The third kappa shape index (κ3) is 2.60. The van der Waals surface area contributed by atoms with Gasteiger partial charge in [0.15, 0.2) is 5.82 Å². The highest BCUT2D eigenvalue weighted by Gasteiger charge is 2.17. The zero-order valence-corrected chi connectivity index (χ0v) is 14.5. The molecule has 0 bridgehead atoms. The van der Waals surface area contributed by atoms with E-state index >= 15 is 0 Å². The third-order valence-electron chi connectivity index (χ3n) is 4.24. The van der Waals surface area contributed by atoms with Crippen LogP contribution < -0.4 is 15.6 Å². The van der Waals surface area contributed by atoms with E-state index in [1.807, 2.05) is 56.3 Å². The van der Waals surface area contributed by atoms with Gasteiger partial charge in [-0.25, -0.2) is 14.6 Å². The molecule has 0 saturated heterocycles. The maximum atomic E-state index is 12.4. The van der Waals surface area contributed by atoms with Gasteiger partial charge >= 0.3 is 4.87 Å². The van der Waals surface area contributed by atoms with Gasteiger partial charge in [-0.1, -0.05) is 35.6 Å². The fraction of sp³-hybridized carbons (Fsp3) is 0.105. The van der Waals surface area contributed by atoms with Crippen molar-refractivity contribution in [3.05, 3.63) is 84.7 Å². The van der Waals surface area contributed by atoms with Crippen LogP contribution in [0.5, 0.6) is 5.88 Å². The number of thiazole rings is 1. The maximum Gasteiger partial charge on any atom is 0.315 e. The molecule has 2 heterocycles. The Balaban J connectivity index is 1.85. The van der Waals surface area contributed by atoms with Crippen molar-refractivity contribution in [1.29, 1.82) is 0 Å². The van der Waals surface area contributed by atoms with E-state index in [2.05, 4.69) is 9.98 Å². The molecule has 0 aliphatic carbocycles. The number of benzene rings is 2. The topological polar surface area (TPSA) is 66.9 Å². The lowest BCUT2D eigenvalue weighted by molar-refractivity contribution is 0.439. The lowest BCUT2D eigenvalue weighted by Gasteiger charge is -2.09. The zero-order valence-electron chi connectivity index (χ0n) is 13.7. The van der Waals surface area contributed by atoms with Crippen LogP contribution in [0.25, 0.3) is 11.8 Å². The number of rotatable bonds is 2. The Morgan fingerprint density at radius 1 is 1.04 bits per heavy atom. The quantitative estimate of drug-likeness (QED) is 0.772. The summed E-state index contributed by atoms with van der Waals surface area (Å²) in [7, 11) is 0. The van der Waals surface area contributed by atoms with Crippen molar-refractivity contribution in [1.82, 2.24) is 4.57 Å². The molecular weight excluding hydrogens is 334 g/mol. The van der Waals surface area contributed by atoms with E-state index in [-0.39, 0.29) is 10.8 Å². The summed E-state index contributed by atoms with van der Waals surface area (Å²) in [5.74, 6) is 0.392. The first kappa shape index (κ1) is 15.5. The normalized spacial score (nSPS) is 12.5. The fourth-order valence-corrected chi connectivity index (χ4v) is 3.58. The second-order valence-corrected chi connectivity index (χ2v) is 6.82. The molecule has 0 fully saturated rings. The predicted octanol–water partition coefficient (Wildman–Crippen LogP) is 2.47. The summed E-state index contributed by atoms with van der Waals surface area (Å²) in [6, 6.07) is 13.2. The Kier molecular flexibility index (Phi) is 3.62. The van der Waals surface area contributed by atoms with E-state index in [1.54, 1.807) is 6.08 Å². The molecule has 1 aliphatic heterocycles. The molecule has 6 heteroatoms. The van der Waals surface area contributed by atoms with Gasteiger partial charge in [0.1, 0.15) is 0 Å². The summed E-state index contributed by atoms with van der Waals surface area (Å²) in [5.41, 5.74) is 2.71. The van der Waals surface area contributed by atoms with E-state index < -0.39 is 0 Å². The first-order valence-electron chi connectivity index (χ1n) is 7.80. The first-order valence-corrected chi connectivity index (χ1v) is 8.62. The van der Waals surface area contributed by atoms with E-state index in [1.165, 1.54) is 4.57 Å². The summed E-state index contributed by atoms with van der Waals surface area (Å²) in [4.78, 5) is 21.5. The van der Waals surface area contributed by atoms with Crippen LogP contribution in [0.3, 0.4) is 0 Å². The SMILES string of the molecule is Cc1cccc(-n2c(O)c(C=C3N=c4ccccc4=N3)sc2=O)c1C. The van der Waals surface area contributed by atoms with Crippen LogP contribution in [0.15, 0.2) is 63.1 Å². The summed E-state index contributed by atoms with van der Waals surface area (Å²) < 4.78 is 1.33. The Labute approximate surface area is 147 Å². The highest BCUT2D eigenvalue weighted by atomic mass is 32.1. The number of aryl methyl sites for hydroxylation is 1. The number of aromatic hydroxyl groups is 1. The van der Waals surface area contributed by atoms with Crippen molar-refractivity contribution in [2.24, 2.45) is 9.98 Å². The number of hydrogen-bond donors (Lipinski definition) is 1. The van der Waals surface area contributed by atoms with Crippen LogP contribution >= 0.6 is 11.3 Å². The number of nitrogens with zero attached hydrogens (tertiary/aromatic N) is 3. The van der Waals surface area contributed by atoms with Gasteiger partial charge in [-0.2, -0.15) is 0 Å². The van der Waals surface area contributed by atoms with Crippen molar-refractivity contribution in [3.8, 4) is 11.6 Å². The molecule has 25 heavy (non-hydrogen) atoms. The monoisotopic (exact) mass is 349 g/mol. The van der Waals surface area contributed by atoms with Crippen LogP contribution in [0.1, 0.15) is 16.0 Å². The van der Waals surface area contributed by atoms with Crippen LogP contribution in [0.4, 0.5) is 0 Å². The van der Waals surface area contributed by atoms with E-state index in [9.17, 15) is 9.90 Å². The molecule has 0 spiro atoms. The summed E-state index contributed by atoms with van der Waals surface area (Å²) >= 11 is 0.977. The average molecular weight is 349 g/mol. The molecule has 0 saturated carbocycles. The minimum Gasteiger partial charge on any atom is -0.493 e. The van der Waals surface area contributed by atoms with Gasteiger partial charge in [-0.05, 0) is 43.2 Å². The molecule has 0 unspecified atom stereocenters. The molecule has 1 aliphatic rings. The molecule has 3 aromatic rings. The van der Waals surface area contributed by atoms with Crippen LogP contribution in [-0.4, -0.2) is 9.67 Å². The predicted molar refractivity (Wildman–Crippen MR) is 97.8 cm³/mol. The molecule has 5 nitrogen and oxygen atoms in total. The molecule has 0 atom stereocenters. The molecule has 2 aromatic carbocycles. The molecular formula is C19H15N3O2S. The summed E-state index contributed by atoms with van der Waals surface area (Å²) in [6.07, 6.45) is 1.64. The van der Waals surface area contributed by atoms with Crippen molar-refractivity contribution >= 4 is 17.4 Å². The second kappa shape index (κ2) is 5.82. The van der Waals surface area contributed by atoms with Crippen LogP contribution in [0, 0.1) is 13.8 Å².